The third kappa shape index (κ3) is 1.10. The molecule has 2 aromatic heterocycles. The highest BCUT2D eigenvalue weighted by Gasteiger charge is 2.05. The van der Waals surface area contributed by atoms with Crippen molar-refractivity contribution in [3.63, 3.8) is 0 Å². The fourth-order valence-electron chi connectivity index (χ4n) is 0.987. The second kappa shape index (κ2) is 2.64. The normalized spacial score (nSPS) is 10.4. The molecule has 0 bridgehead atoms. The standard InChI is InChI=1S/C8H9N3S/c1-5-7(9)12-8(11-5)6-3-2-4-10-6/h2-4,10H,9H2,1H3. The lowest BCUT2D eigenvalue weighted by Crippen LogP contribution is -1.81. The Morgan fingerprint density at radius 3 is 2.92 bits per heavy atom. The summed E-state index contributed by atoms with van der Waals surface area (Å²) in [7, 11) is 0. The molecule has 4 heteroatoms. The smallest absolute Gasteiger partial charge is 0.141 e. The molecule has 0 amide bonds. The highest BCUT2D eigenvalue weighted by Crippen LogP contribution is 2.27. The molecule has 2 aromatic rings. The molecular weight excluding hydrogens is 170 g/mol. The van der Waals surface area contributed by atoms with Gasteiger partial charge in [0.15, 0.2) is 0 Å². The minimum absolute atomic E-state index is 0.791. The van der Waals surface area contributed by atoms with Crippen LogP contribution < -0.4 is 5.73 Å². The Balaban J connectivity index is 2.48. The van der Waals surface area contributed by atoms with E-state index in [0.717, 1.165) is 21.4 Å². The molecule has 0 radical (unpaired) electrons. The Morgan fingerprint density at radius 2 is 2.42 bits per heavy atom. The average Bonchev–Trinajstić information content (AvgIpc) is 2.61. The van der Waals surface area contributed by atoms with Crippen LogP contribution in [-0.2, 0) is 0 Å². The van der Waals surface area contributed by atoms with Crippen LogP contribution >= 0.6 is 11.3 Å². The molecule has 3 N–H and O–H groups in total. The first-order valence-electron chi connectivity index (χ1n) is 3.64. The van der Waals surface area contributed by atoms with Crippen molar-refractivity contribution >= 4 is 16.3 Å². The van der Waals surface area contributed by atoms with E-state index >= 15 is 0 Å². The summed E-state index contributed by atoms with van der Waals surface area (Å²) in [5.74, 6) is 0. The number of anilines is 1. The third-order valence-corrected chi connectivity index (χ3v) is 2.68. The van der Waals surface area contributed by atoms with E-state index in [1.165, 1.54) is 11.3 Å². The van der Waals surface area contributed by atoms with Gasteiger partial charge in [0, 0.05) is 6.20 Å². The minimum atomic E-state index is 0.791. The molecule has 0 aliphatic heterocycles. The molecule has 0 unspecified atom stereocenters. The number of rotatable bonds is 1. The summed E-state index contributed by atoms with van der Waals surface area (Å²) < 4.78 is 0. The lowest BCUT2D eigenvalue weighted by molar-refractivity contribution is 1.25. The molecule has 0 aromatic carbocycles. The largest absolute Gasteiger partial charge is 0.389 e. The topological polar surface area (TPSA) is 54.7 Å². The summed E-state index contributed by atoms with van der Waals surface area (Å²) in [5.41, 5.74) is 7.62. The van der Waals surface area contributed by atoms with Crippen LogP contribution in [0.4, 0.5) is 5.00 Å². The van der Waals surface area contributed by atoms with E-state index < -0.39 is 0 Å². The Morgan fingerprint density at radius 1 is 1.58 bits per heavy atom. The molecule has 2 heterocycles. The monoisotopic (exact) mass is 179 g/mol. The quantitative estimate of drug-likeness (QED) is 0.703. The summed E-state index contributed by atoms with van der Waals surface area (Å²) in [4.78, 5) is 7.40. The fourth-order valence-corrected chi connectivity index (χ4v) is 1.81. The van der Waals surface area contributed by atoms with Crippen LogP contribution in [0.3, 0.4) is 0 Å². The van der Waals surface area contributed by atoms with Crippen molar-refractivity contribution in [2.75, 3.05) is 5.73 Å². The summed E-state index contributed by atoms with van der Waals surface area (Å²) in [6.07, 6.45) is 1.88. The van der Waals surface area contributed by atoms with Crippen molar-refractivity contribution in [3.8, 4) is 10.7 Å². The SMILES string of the molecule is Cc1nc(-c2ccc[nH]2)sc1N. The molecule has 0 spiro atoms. The fraction of sp³-hybridized carbons (Fsp3) is 0.125. The van der Waals surface area contributed by atoms with Gasteiger partial charge in [-0.15, -0.1) is 0 Å². The van der Waals surface area contributed by atoms with Gasteiger partial charge in [0.1, 0.15) is 10.0 Å². The zero-order chi connectivity index (χ0) is 8.55. The number of hydrogen-bond acceptors (Lipinski definition) is 3. The second-order valence-corrected chi connectivity index (χ2v) is 3.58. The second-order valence-electron chi connectivity index (χ2n) is 2.55. The third-order valence-electron chi connectivity index (χ3n) is 1.66. The maximum absolute atomic E-state index is 5.69. The zero-order valence-electron chi connectivity index (χ0n) is 6.66. The van der Waals surface area contributed by atoms with Crippen molar-refractivity contribution < 1.29 is 0 Å². The van der Waals surface area contributed by atoms with Gasteiger partial charge in [0.05, 0.1) is 11.4 Å². The molecular formula is C8H9N3S. The van der Waals surface area contributed by atoms with E-state index in [2.05, 4.69) is 9.97 Å². The van der Waals surface area contributed by atoms with E-state index in [1.807, 2.05) is 25.3 Å². The first-order chi connectivity index (χ1) is 5.77. The summed E-state index contributed by atoms with van der Waals surface area (Å²) >= 11 is 1.51. The number of hydrogen-bond donors (Lipinski definition) is 2. The van der Waals surface area contributed by atoms with Gasteiger partial charge in [-0.3, -0.25) is 0 Å². The van der Waals surface area contributed by atoms with Gasteiger partial charge in [-0.2, -0.15) is 0 Å². The van der Waals surface area contributed by atoms with Gasteiger partial charge in [0.2, 0.25) is 0 Å². The van der Waals surface area contributed by atoms with Crippen molar-refractivity contribution in [1.29, 1.82) is 0 Å². The van der Waals surface area contributed by atoms with Crippen molar-refractivity contribution in [2.24, 2.45) is 0 Å². The van der Waals surface area contributed by atoms with Gasteiger partial charge in [-0.05, 0) is 19.1 Å². The van der Waals surface area contributed by atoms with Crippen LogP contribution in [0, 0.1) is 6.92 Å². The maximum atomic E-state index is 5.69. The Bertz CT molecular complexity index is 355. The molecule has 62 valence electrons. The average molecular weight is 179 g/mol. The van der Waals surface area contributed by atoms with E-state index in [-0.39, 0.29) is 0 Å². The number of nitrogens with two attached hydrogens (primary N) is 1. The number of H-pyrrole nitrogens is 1. The molecule has 0 aliphatic rings. The van der Waals surface area contributed by atoms with Crippen LogP contribution in [0.25, 0.3) is 10.7 Å². The van der Waals surface area contributed by atoms with Crippen LogP contribution in [0.2, 0.25) is 0 Å². The van der Waals surface area contributed by atoms with Gasteiger partial charge in [-0.1, -0.05) is 11.3 Å². The number of aryl methyl sites for hydroxylation is 1. The lowest BCUT2D eigenvalue weighted by Gasteiger charge is -1.86. The molecule has 2 rings (SSSR count). The number of aromatic amines is 1. The zero-order valence-corrected chi connectivity index (χ0v) is 7.48. The van der Waals surface area contributed by atoms with Crippen LogP contribution in [0.15, 0.2) is 18.3 Å². The highest BCUT2D eigenvalue weighted by atomic mass is 32.1. The molecule has 0 fully saturated rings. The molecule has 0 saturated carbocycles. The van der Waals surface area contributed by atoms with Gasteiger partial charge < -0.3 is 10.7 Å². The first-order valence-corrected chi connectivity index (χ1v) is 4.45. The van der Waals surface area contributed by atoms with Crippen LogP contribution in [0.5, 0.6) is 0 Å². The first kappa shape index (κ1) is 7.36. The number of aromatic nitrogens is 2. The van der Waals surface area contributed by atoms with Crippen LogP contribution in [-0.4, -0.2) is 9.97 Å². The lowest BCUT2D eigenvalue weighted by atomic mass is 10.4. The number of nitrogen functional groups attached to an aromatic ring is 1. The molecule has 3 nitrogen and oxygen atoms in total. The molecule has 0 saturated heterocycles. The van der Waals surface area contributed by atoms with Crippen LogP contribution in [0.1, 0.15) is 5.69 Å². The summed E-state index contributed by atoms with van der Waals surface area (Å²) in [5, 5.41) is 1.75. The van der Waals surface area contributed by atoms with Crippen molar-refractivity contribution in [1.82, 2.24) is 9.97 Å². The number of nitrogens with zero attached hydrogens (tertiary/aromatic N) is 1. The van der Waals surface area contributed by atoms with E-state index in [4.69, 9.17) is 5.73 Å². The van der Waals surface area contributed by atoms with Crippen molar-refractivity contribution in [2.45, 2.75) is 6.92 Å². The number of thiazole rings is 1. The number of nitrogens with one attached hydrogen (secondary N) is 1. The summed E-state index contributed by atoms with van der Waals surface area (Å²) in [6, 6.07) is 3.93. The Kier molecular flexibility index (Phi) is 1.62. The minimum Gasteiger partial charge on any atom is -0.389 e. The van der Waals surface area contributed by atoms with Gasteiger partial charge in [0.25, 0.3) is 0 Å². The van der Waals surface area contributed by atoms with E-state index in [1.54, 1.807) is 0 Å². The van der Waals surface area contributed by atoms with Crippen molar-refractivity contribution in [3.05, 3.63) is 24.0 Å². The predicted octanol–water partition coefficient (Wildman–Crippen LogP) is 2.03. The van der Waals surface area contributed by atoms with E-state index in [0.29, 0.717) is 0 Å². The van der Waals surface area contributed by atoms with Gasteiger partial charge >= 0.3 is 0 Å². The predicted molar refractivity (Wildman–Crippen MR) is 51.1 cm³/mol. The Hall–Kier alpha value is -1.29. The summed E-state index contributed by atoms with van der Waals surface area (Å²) in [6.45, 7) is 1.91. The molecule has 0 aliphatic carbocycles. The Labute approximate surface area is 74.3 Å². The van der Waals surface area contributed by atoms with Gasteiger partial charge in [-0.25, -0.2) is 4.98 Å². The maximum Gasteiger partial charge on any atom is 0.141 e. The van der Waals surface area contributed by atoms with E-state index in [9.17, 15) is 0 Å². The molecule has 12 heavy (non-hydrogen) atoms. The highest BCUT2D eigenvalue weighted by molar-refractivity contribution is 7.18. The molecule has 0 atom stereocenters.